The second-order valence-electron chi connectivity index (χ2n) is 6.22. The normalized spacial score (nSPS) is 13.4. The molecule has 5 nitrogen and oxygen atoms in total. The van der Waals surface area contributed by atoms with Gasteiger partial charge in [-0.15, -0.1) is 11.3 Å². The van der Waals surface area contributed by atoms with E-state index in [4.69, 9.17) is 5.73 Å². The fourth-order valence-electron chi connectivity index (χ4n) is 3.45. The highest BCUT2D eigenvalue weighted by Crippen LogP contribution is 2.28. The lowest BCUT2D eigenvalue weighted by Gasteiger charge is -2.17. The minimum Gasteiger partial charge on any atom is -0.337 e. The van der Waals surface area contributed by atoms with Crippen LogP contribution in [0.4, 0.5) is 0 Å². The highest BCUT2D eigenvalue weighted by atomic mass is 32.1. The SMILES string of the molecule is CN(Cc1csc2ccccc12)C(=O)c1c(CN)nn2c1CCC2. The lowest BCUT2D eigenvalue weighted by Crippen LogP contribution is -2.28. The summed E-state index contributed by atoms with van der Waals surface area (Å²) in [6.07, 6.45) is 1.95. The van der Waals surface area contributed by atoms with Gasteiger partial charge < -0.3 is 10.6 Å². The van der Waals surface area contributed by atoms with Crippen molar-refractivity contribution in [2.75, 3.05) is 7.05 Å². The third-order valence-electron chi connectivity index (χ3n) is 4.64. The summed E-state index contributed by atoms with van der Waals surface area (Å²) in [6, 6.07) is 8.31. The number of aryl methyl sites for hydroxylation is 1. The second-order valence-corrected chi connectivity index (χ2v) is 7.13. The molecule has 2 aromatic heterocycles. The Morgan fingerprint density at radius 3 is 3.08 bits per heavy atom. The second kappa shape index (κ2) is 6.03. The number of carbonyl (C=O) groups excluding carboxylic acids is 1. The van der Waals surface area contributed by atoms with Crippen LogP contribution in [0.2, 0.25) is 0 Å². The molecule has 2 N–H and O–H groups in total. The van der Waals surface area contributed by atoms with Gasteiger partial charge in [-0.25, -0.2) is 0 Å². The number of hydrogen-bond acceptors (Lipinski definition) is 4. The maximum atomic E-state index is 13.0. The van der Waals surface area contributed by atoms with Gasteiger partial charge in [-0.2, -0.15) is 5.10 Å². The maximum Gasteiger partial charge on any atom is 0.257 e. The van der Waals surface area contributed by atoms with E-state index in [1.165, 1.54) is 15.6 Å². The average Bonchev–Trinajstić information content (AvgIpc) is 3.28. The van der Waals surface area contributed by atoms with Crippen LogP contribution in [0.25, 0.3) is 10.1 Å². The van der Waals surface area contributed by atoms with Crippen LogP contribution >= 0.6 is 11.3 Å². The van der Waals surface area contributed by atoms with Crippen molar-refractivity contribution in [1.82, 2.24) is 14.7 Å². The Kier molecular flexibility index (Phi) is 3.86. The summed E-state index contributed by atoms with van der Waals surface area (Å²) in [5.41, 5.74) is 9.48. The van der Waals surface area contributed by atoms with Gasteiger partial charge in [-0.05, 0) is 35.2 Å². The van der Waals surface area contributed by atoms with Gasteiger partial charge in [0, 0.05) is 31.4 Å². The molecule has 0 saturated heterocycles. The van der Waals surface area contributed by atoms with E-state index in [9.17, 15) is 4.79 Å². The van der Waals surface area contributed by atoms with Crippen LogP contribution in [0.1, 0.15) is 33.7 Å². The van der Waals surface area contributed by atoms with Crippen molar-refractivity contribution in [2.24, 2.45) is 5.73 Å². The fraction of sp³-hybridized carbons (Fsp3) is 0.333. The quantitative estimate of drug-likeness (QED) is 0.794. The largest absolute Gasteiger partial charge is 0.337 e. The van der Waals surface area contributed by atoms with Crippen LogP contribution in [0.5, 0.6) is 0 Å². The minimum atomic E-state index is 0.0221. The Hall–Kier alpha value is -2.18. The van der Waals surface area contributed by atoms with E-state index in [0.29, 0.717) is 13.1 Å². The van der Waals surface area contributed by atoms with Crippen LogP contribution < -0.4 is 5.73 Å². The zero-order chi connectivity index (χ0) is 16.7. The summed E-state index contributed by atoms with van der Waals surface area (Å²) in [5.74, 6) is 0.0221. The summed E-state index contributed by atoms with van der Waals surface area (Å²) in [4.78, 5) is 14.8. The summed E-state index contributed by atoms with van der Waals surface area (Å²) in [6.45, 7) is 1.78. The fourth-order valence-corrected chi connectivity index (χ4v) is 4.40. The van der Waals surface area contributed by atoms with Crippen LogP contribution in [0.3, 0.4) is 0 Å². The van der Waals surface area contributed by atoms with Crippen molar-refractivity contribution in [3.8, 4) is 0 Å². The van der Waals surface area contributed by atoms with E-state index in [0.717, 1.165) is 36.3 Å². The lowest BCUT2D eigenvalue weighted by molar-refractivity contribution is 0.0783. The Morgan fingerprint density at radius 2 is 2.25 bits per heavy atom. The van der Waals surface area contributed by atoms with E-state index >= 15 is 0 Å². The van der Waals surface area contributed by atoms with Gasteiger partial charge in [0.1, 0.15) is 0 Å². The first kappa shape index (κ1) is 15.4. The molecule has 3 aromatic rings. The number of amides is 1. The highest BCUT2D eigenvalue weighted by Gasteiger charge is 2.27. The molecule has 3 heterocycles. The number of benzene rings is 1. The minimum absolute atomic E-state index is 0.0221. The molecule has 0 spiro atoms. The first-order valence-electron chi connectivity index (χ1n) is 8.18. The van der Waals surface area contributed by atoms with Crippen molar-refractivity contribution in [3.63, 3.8) is 0 Å². The molecule has 0 atom stereocenters. The molecule has 0 aliphatic carbocycles. The lowest BCUT2D eigenvalue weighted by atomic mass is 10.1. The van der Waals surface area contributed by atoms with Crippen molar-refractivity contribution in [3.05, 3.63) is 52.2 Å². The third kappa shape index (κ3) is 2.42. The Morgan fingerprint density at radius 1 is 1.42 bits per heavy atom. The molecule has 1 aliphatic rings. The smallest absolute Gasteiger partial charge is 0.257 e. The number of aromatic nitrogens is 2. The molecule has 6 heteroatoms. The molecular weight excluding hydrogens is 320 g/mol. The average molecular weight is 340 g/mol. The Bertz CT molecular complexity index is 911. The van der Waals surface area contributed by atoms with E-state index in [1.807, 2.05) is 23.9 Å². The standard InChI is InChI=1S/C18H20N4OS/c1-21(10-12-11-24-16-7-3-2-5-13(12)16)18(23)17-14(9-19)20-22-8-4-6-15(17)22/h2-3,5,7,11H,4,6,8-10,19H2,1H3. The van der Waals surface area contributed by atoms with Crippen LogP contribution in [0, 0.1) is 0 Å². The number of nitrogens with two attached hydrogens (primary N) is 1. The summed E-state index contributed by atoms with van der Waals surface area (Å²) in [5, 5.41) is 7.87. The molecule has 0 radical (unpaired) electrons. The van der Waals surface area contributed by atoms with Crippen LogP contribution in [0.15, 0.2) is 29.6 Å². The van der Waals surface area contributed by atoms with Gasteiger partial charge in [0.25, 0.3) is 5.91 Å². The summed E-state index contributed by atoms with van der Waals surface area (Å²) < 4.78 is 3.20. The van der Waals surface area contributed by atoms with Crippen LogP contribution in [-0.4, -0.2) is 27.6 Å². The zero-order valence-electron chi connectivity index (χ0n) is 13.7. The van der Waals surface area contributed by atoms with E-state index in [-0.39, 0.29) is 5.91 Å². The molecule has 1 aromatic carbocycles. The number of nitrogens with zero attached hydrogens (tertiary/aromatic N) is 3. The third-order valence-corrected chi connectivity index (χ3v) is 5.65. The van der Waals surface area contributed by atoms with Gasteiger partial charge in [0.15, 0.2) is 0 Å². The molecule has 0 unspecified atom stereocenters. The molecule has 124 valence electrons. The predicted octanol–water partition coefficient (Wildman–Crippen LogP) is 2.77. The predicted molar refractivity (Wildman–Crippen MR) is 96.1 cm³/mol. The number of carbonyl (C=O) groups is 1. The van der Waals surface area contributed by atoms with Crippen molar-refractivity contribution < 1.29 is 4.79 Å². The Balaban J connectivity index is 1.63. The van der Waals surface area contributed by atoms with Gasteiger partial charge >= 0.3 is 0 Å². The van der Waals surface area contributed by atoms with Crippen LogP contribution in [-0.2, 0) is 26.1 Å². The summed E-state index contributed by atoms with van der Waals surface area (Å²) in [7, 11) is 1.86. The van der Waals surface area contributed by atoms with Gasteiger partial charge in [0.2, 0.25) is 0 Å². The first-order valence-corrected chi connectivity index (χ1v) is 9.06. The van der Waals surface area contributed by atoms with E-state index in [1.54, 1.807) is 16.2 Å². The monoisotopic (exact) mass is 340 g/mol. The van der Waals surface area contributed by atoms with Crippen molar-refractivity contribution >= 4 is 27.3 Å². The van der Waals surface area contributed by atoms with Crippen molar-refractivity contribution in [1.29, 1.82) is 0 Å². The maximum absolute atomic E-state index is 13.0. The number of rotatable bonds is 4. The van der Waals surface area contributed by atoms with Gasteiger partial charge in [-0.3, -0.25) is 9.48 Å². The molecule has 1 aliphatic heterocycles. The first-order chi connectivity index (χ1) is 11.7. The topological polar surface area (TPSA) is 64.2 Å². The highest BCUT2D eigenvalue weighted by molar-refractivity contribution is 7.17. The Labute approximate surface area is 144 Å². The molecular formula is C18H20N4OS. The molecule has 24 heavy (non-hydrogen) atoms. The number of thiophene rings is 1. The number of hydrogen-bond donors (Lipinski definition) is 1. The van der Waals surface area contributed by atoms with Gasteiger partial charge in [0.05, 0.1) is 17.0 Å². The molecule has 0 fully saturated rings. The summed E-state index contributed by atoms with van der Waals surface area (Å²) >= 11 is 1.72. The molecule has 0 saturated carbocycles. The van der Waals surface area contributed by atoms with E-state index < -0.39 is 0 Å². The molecule has 4 rings (SSSR count). The molecule has 0 bridgehead atoms. The van der Waals surface area contributed by atoms with E-state index in [2.05, 4.69) is 22.6 Å². The van der Waals surface area contributed by atoms with Crippen molar-refractivity contribution in [2.45, 2.75) is 32.5 Å². The number of fused-ring (bicyclic) bond motifs is 2. The molecule has 1 amide bonds. The van der Waals surface area contributed by atoms with Gasteiger partial charge in [-0.1, -0.05) is 18.2 Å². The zero-order valence-corrected chi connectivity index (χ0v) is 14.5.